The van der Waals surface area contributed by atoms with Crippen molar-refractivity contribution in [2.45, 2.75) is 18.9 Å². The lowest BCUT2D eigenvalue weighted by Crippen LogP contribution is -2.20. The molecule has 0 spiro atoms. The molecule has 1 aliphatic rings. The van der Waals surface area contributed by atoms with Crippen molar-refractivity contribution in [1.82, 2.24) is 14.8 Å². The fourth-order valence-electron chi connectivity index (χ4n) is 3.05. The highest BCUT2D eigenvalue weighted by molar-refractivity contribution is 5.77. The monoisotopic (exact) mass is 332 g/mol. The maximum atomic E-state index is 9.06. The molecule has 3 aromatic rings. The molecule has 0 bridgehead atoms. The molecule has 0 fully saturated rings. The molecule has 4 rings (SSSR count). The minimum Gasteiger partial charge on any atom is -0.396 e. The van der Waals surface area contributed by atoms with E-state index in [-0.39, 0.29) is 12.6 Å². The van der Waals surface area contributed by atoms with Crippen molar-refractivity contribution in [3.8, 4) is 0 Å². The van der Waals surface area contributed by atoms with Gasteiger partial charge in [-0.15, -0.1) is 0 Å². The van der Waals surface area contributed by atoms with Gasteiger partial charge in [-0.25, -0.2) is 4.68 Å². The van der Waals surface area contributed by atoms with Gasteiger partial charge in [0.2, 0.25) is 5.95 Å². The third-order valence-electron chi connectivity index (χ3n) is 4.29. The number of benzene rings is 2. The molecule has 1 aliphatic heterocycles. The first-order chi connectivity index (χ1) is 12.3. The molecule has 2 N–H and O–H groups in total. The number of aliphatic hydroxyl groups is 1. The van der Waals surface area contributed by atoms with Gasteiger partial charge < -0.3 is 10.4 Å². The zero-order valence-electron chi connectivity index (χ0n) is 13.8. The van der Waals surface area contributed by atoms with Crippen molar-refractivity contribution >= 4 is 11.6 Å². The van der Waals surface area contributed by atoms with Crippen molar-refractivity contribution in [2.75, 3.05) is 11.9 Å². The van der Waals surface area contributed by atoms with E-state index in [1.54, 1.807) is 0 Å². The summed E-state index contributed by atoms with van der Waals surface area (Å²) in [7, 11) is 0. The Hall–Kier alpha value is -2.92. The van der Waals surface area contributed by atoms with Crippen LogP contribution in [-0.2, 0) is 6.42 Å². The summed E-state index contributed by atoms with van der Waals surface area (Å²) in [6.07, 6.45) is 3.51. The summed E-state index contributed by atoms with van der Waals surface area (Å²) in [5, 5.41) is 17.1. The minimum absolute atomic E-state index is 0.0111. The number of allylic oxidation sites excluding steroid dienone is 1. The molecule has 0 saturated heterocycles. The number of hydrogen-bond donors (Lipinski definition) is 2. The van der Waals surface area contributed by atoms with E-state index in [0.717, 1.165) is 28.6 Å². The zero-order valence-corrected chi connectivity index (χ0v) is 13.8. The Bertz CT molecular complexity index is 871. The standard InChI is InChI=1S/C20H20N4O/c25-13-7-12-19-22-20-21-17(15-8-3-1-4-9-15)14-18(24(20)23-19)16-10-5-2-6-11-16/h1-6,8-11,14,18,25H,7,12-13H2,(H,21,22,23)/t18-/m0/s1. The highest BCUT2D eigenvalue weighted by atomic mass is 16.2. The molecule has 25 heavy (non-hydrogen) atoms. The lowest BCUT2D eigenvalue weighted by Gasteiger charge is -2.24. The van der Waals surface area contributed by atoms with Gasteiger partial charge in [-0.1, -0.05) is 60.7 Å². The van der Waals surface area contributed by atoms with Gasteiger partial charge in [0.1, 0.15) is 6.04 Å². The van der Waals surface area contributed by atoms with Crippen LogP contribution in [0.2, 0.25) is 0 Å². The summed E-state index contributed by atoms with van der Waals surface area (Å²) in [5.41, 5.74) is 3.31. The second-order valence-electron chi connectivity index (χ2n) is 6.05. The van der Waals surface area contributed by atoms with Crippen molar-refractivity contribution in [3.05, 3.63) is 83.7 Å². The summed E-state index contributed by atoms with van der Waals surface area (Å²) in [5.74, 6) is 1.49. The second kappa shape index (κ2) is 6.91. The predicted octanol–water partition coefficient (Wildman–Crippen LogP) is 3.26. The van der Waals surface area contributed by atoms with Gasteiger partial charge >= 0.3 is 0 Å². The SMILES string of the molecule is OCCCc1nc2n(n1)[C@H](c1ccccc1)C=C(c1ccccc1)N2. The Morgan fingerprint density at radius 3 is 2.44 bits per heavy atom. The molecule has 1 aromatic heterocycles. The van der Waals surface area contributed by atoms with Gasteiger partial charge in [-0.05, 0) is 23.6 Å². The van der Waals surface area contributed by atoms with Crippen LogP contribution in [0.3, 0.4) is 0 Å². The number of aliphatic hydroxyl groups excluding tert-OH is 1. The number of hydrogen-bond acceptors (Lipinski definition) is 4. The van der Waals surface area contributed by atoms with Crippen LogP contribution >= 0.6 is 0 Å². The Morgan fingerprint density at radius 1 is 1.00 bits per heavy atom. The van der Waals surface area contributed by atoms with Gasteiger partial charge in [0.25, 0.3) is 0 Å². The molecular formula is C20H20N4O. The van der Waals surface area contributed by atoms with E-state index < -0.39 is 0 Å². The Morgan fingerprint density at radius 2 is 1.72 bits per heavy atom. The van der Waals surface area contributed by atoms with Crippen LogP contribution < -0.4 is 5.32 Å². The molecular weight excluding hydrogens is 312 g/mol. The number of rotatable bonds is 5. The van der Waals surface area contributed by atoms with Crippen LogP contribution in [0.4, 0.5) is 5.95 Å². The average molecular weight is 332 g/mol. The Kier molecular flexibility index (Phi) is 4.31. The zero-order chi connectivity index (χ0) is 17.1. The topological polar surface area (TPSA) is 63.0 Å². The molecule has 0 saturated carbocycles. The first-order valence-corrected chi connectivity index (χ1v) is 8.50. The van der Waals surface area contributed by atoms with E-state index in [9.17, 15) is 0 Å². The first kappa shape index (κ1) is 15.6. The molecule has 2 aromatic carbocycles. The fourth-order valence-corrected chi connectivity index (χ4v) is 3.05. The number of nitrogens with zero attached hydrogens (tertiary/aromatic N) is 3. The predicted molar refractivity (Wildman–Crippen MR) is 98.1 cm³/mol. The van der Waals surface area contributed by atoms with Crippen molar-refractivity contribution < 1.29 is 5.11 Å². The van der Waals surface area contributed by atoms with Crippen molar-refractivity contribution in [1.29, 1.82) is 0 Å². The first-order valence-electron chi connectivity index (χ1n) is 8.50. The average Bonchev–Trinajstić information content (AvgIpc) is 3.10. The van der Waals surface area contributed by atoms with E-state index in [1.807, 2.05) is 41.1 Å². The normalized spacial score (nSPS) is 16.0. The second-order valence-corrected chi connectivity index (χ2v) is 6.05. The molecule has 126 valence electrons. The molecule has 5 nitrogen and oxygen atoms in total. The van der Waals surface area contributed by atoms with Gasteiger partial charge in [-0.2, -0.15) is 10.1 Å². The van der Waals surface area contributed by atoms with Crippen LogP contribution in [0.5, 0.6) is 0 Å². The van der Waals surface area contributed by atoms with E-state index in [4.69, 9.17) is 5.11 Å². The maximum Gasteiger partial charge on any atom is 0.226 e. The van der Waals surface area contributed by atoms with E-state index in [1.165, 1.54) is 0 Å². The van der Waals surface area contributed by atoms with Gasteiger partial charge in [0.15, 0.2) is 5.82 Å². The molecule has 0 unspecified atom stereocenters. The van der Waals surface area contributed by atoms with Gasteiger partial charge in [-0.3, -0.25) is 0 Å². The van der Waals surface area contributed by atoms with Crippen molar-refractivity contribution in [3.63, 3.8) is 0 Å². The number of fused-ring (bicyclic) bond motifs is 1. The van der Waals surface area contributed by atoms with Crippen LogP contribution in [0, 0.1) is 0 Å². The van der Waals surface area contributed by atoms with Gasteiger partial charge in [0, 0.05) is 18.7 Å². The van der Waals surface area contributed by atoms with Crippen molar-refractivity contribution in [2.24, 2.45) is 0 Å². The van der Waals surface area contributed by atoms with E-state index in [2.05, 4.69) is 45.7 Å². The number of aryl methyl sites for hydroxylation is 1. The fraction of sp³-hybridized carbons (Fsp3) is 0.200. The van der Waals surface area contributed by atoms with Crippen LogP contribution in [0.25, 0.3) is 5.70 Å². The lowest BCUT2D eigenvalue weighted by atomic mass is 10.0. The third kappa shape index (κ3) is 3.19. The molecule has 0 amide bonds. The minimum atomic E-state index is -0.0111. The maximum absolute atomic E-state index is 9.06. The number of anilines is 1. The molecule has 0 radical (unpaired) electrons. The molecule has 5 heteroatoms. The van der Waals surface area contributed by atoms with E-state index >= 15 is 0 Å². The van der Waals surface area contributed by atoms with Crippen LogP contribution in [-0.4, -0.2) is 26.5 Å². The highest BCUT2D eigenvalue weighted by Gasteiger charge is 2.24. The number of aromatic nitrogens is 3. The molecule has 1 atom stereocenters. The van der Waals surface area contributed by atoms with Gasteiger partial charge in [0.05, 0.1) is 0 Å². The summed E-state index contributed by atoms with van der Waals surface area (Å²) < 4.78 is 1.93. The molecule has 2 heterocycles. The summed E-state index contributed by atoms with van der Waals surface area (Å²) in [4.78, 5) is 4.63. The summed E-state index contributed by atoms with van der Waals surface area (Å²) in [6.45, 7) is 0.146. The Labute approximate surface area is 146 Å². The Balaban J connectivity index is 1.76. The highest BCUT2D eigenvalue weighted by Crippen LogP contribution is 2.32. The molecule has 0 aliphatic carbocycles. The summed E-state index contributed by atoms with van der Waals surface area (Å²) in [6, 6.07) is 20.5. The van der Waals surface area contributed by atoms with Crippen LogP contribution in [0.15, 0.2) is 66.7 Å². The van der Waals surface area contributed by atoms with Crippen LogP contribution in [0.1, 0.15) is 29.4 Å². The largest absolute Gasteiger partial charge is 0.396 e. The summed E-state index contributed by atoms with van der Waals surface area (Å²) >= 11 is 0. The quantitative estimate of drug-likeness (QED) is 0.753. The third-order valence-corrected chi connectivity index (χ3v) is 4.29. The van der Waals surface area contributed by atoms with E-state index in [0.29, 0.717) is 12.8 Å². The number of nitrogens with one attached hydrogen (secondary N) is 1. The lowest BCUT2D eigenvalue weighted by molar-refractivity contribution is 0.287. The smallest absolute Gasteiger partial charge is 0.226 e.